The lowest BCUT2D eigenvalue weighted by Crippen LogP contribution is -2.47. The van der Waals surface area contributed by atoms with Crippen molar-refractivity contribution in [3.63, 3.8) is 0 Å². The first-order valence-corrected chi connectivity index (χ1v) is 7.87. The Labute approximate surface area is 122 Å². The van der Waals surface area contributed by atoms with Gasteiger partial charge in [0.15, 0.2) is 0 Å². The molecule has 0 N–H and O–H groups in total. The van der Waals surface area contributed by atoms with Crippen molar-refractivity contribution in [3.8, 4) is 0 Å². The number of aromatic nitrogens is 2. The first kappa shape index (κ1) is 13.8. The molecule has 0 aromatic carbocycles. The maximum Gasteiger partial charge on any atom is 0.122 e. The van der Waals surface area contributed by atoms with Crippen molar-refractivity contribution in [2.75, 3.05) is 32.7 Å². The fourth-order valence-corrected chi connectivity index (χ4v) is 3.27. The summed E-state index contributed by atoms with van der Waals surface area (Å²) in [7, 11) is 2.08. The number of imidazole rings is 1. The molecule has 1 saturated heterocycles. The Morgan fingerprint density at radius 2 is 1.95 bits per heavy atom. The number of hydrogen-bond donors (Lipinski definition) is 0. The van der Waals surface area contributed by atoms with E-state index in [-0.39, 0.29) is 0 Å². The quantitative estimate of drug-likeness (QED) is 0.784. The van der Waals surface area contributed by atoms with Crippen molar-refractivity contribution in [2.45, 2.75) is 25.8 Å². The second kappa shape index (κ2) is 6.55. The van der Waals surface area contributed by atoms with E-state index in [9.17, 15) is 0 Å². The summed E-state index contributed by atoms with van der Waals surface area (Å²) < 4.78 is 2.13. The van der Waals surface area contributed by atoms with Gasteiger partial charge in [-0.2, -0.15) is 0 Å². The highest BCUT2D eigenvalue weighted by molar-refractivity contribution is 4.93. The number of hydrogen-bond acceptors (Lipinski definition) is 3. The van der Waals surface area contributed by atoms with E-state index in [4.69, 9.17) is 0 Å². The van der Waals surface area contributed by atoms with E-state index >= 15 is 0 Å². The largest absolute Gasteiger partial charge is 0.337 e. The second-order valence-corrected chi connectivity index (χ2v) is 6.18. The van der Waals surface area contributed by atoms with Crippen LogP contribution < -0.4 is 0 Å². The van der Waals surface area contributed by atoms with Crippen molar-refractivity contribution >= 4 is 0 Å². The molecule has 20 heavy (non-hydrogen) atoms. The van der Waals surface area contributed by atoms with Gasteiger partial charge in [-0.15, -0.1) is 0 Å². The molecule has 4 nitrogen and oxygen atoms in total. The zero-order valence-electron chi connectivity index (χ0n) is 12.5. The van der Waals surface area contributed by atoms with Crippen LogP contribution in [0.25, 0.3) is 0 Å². The van der Waals surface area contributed by atoms with E-state index in [2.05, 4.69) is 38.6 Å². The maximum atomic E-state index is 4.42. The van der Waals surface area contributed by atoms with Gasteiger partial charge in [0.2, 0.25) is 0 Å². The smallest absolute Gasteiger partial charge is 0.122 e. The standard InChI is InChI=1S/C16H26N4/c1-18-8-7-17-16(18)14-20-11-9-19(10-12-20)13-15-5-3-2-4-6-15/h2-3,7-8,15H,4-6,9-14H2,1H3. The molecule has 0 amide bonds. The molecule has 1 atom stereocenters. The van der Waals surface area contributed by atoms with Crippen molar-refractivity contribution in [1.29, 1.82) is 0 Å². The fourth-order valence-electron chi connectivity index (χ4n) is 3.27. The summed E-state index contributed by atoms with van der Waals surface area (Å²) in [6, 6.07) is 0. The Morgan fingerprint density at radius 1 is 1.15 bits per heavy atom. The molecule has 1 aromatic rings. The number of piperazine rings is 1. The van der Waals surface area contributed by atoms with Crippen LogP contribution in [0.1, 0.15) is 25.1 Å². The lowest BCUT2D eigenvalue weighted by Gasteiger charge is -2.36. The first-order valence-electron chi connectivity index (χ1n) is 7.87. The molecular formula is C16H26N4. The minimum Gasteiger partial charge on any atom is -0.337 e. The van der Waals surface area contributed by atoms with Crippen molar-refractivity contribution in [1.82, 2.24) is 19.4 Å². The molecular weight excluding hydrogens is 248 g/mol. The van der Waals surface area contributed by atoms with Crippen LogP contribution in [0.2, 0.25) is 0 Å². The molecule has 1 unspecified atom stereocenters. The van der Waals surface area contributed by atoms with Gasteiger partial charge in [0.05, 0.1) is 6.54 Å². The average Bonchev–Trinajstić information content (AvgIpc) is 2.88. The number of rotatable bonds is 4. The van der Waals surface area contributed by atoms with Gasteiger partial charge in [0, 0.05) is 52.2 Å². The molecule has 4 heteroatoms. The highest BCUT2D eigenvalue weighted by atomic mass is 15.3. The summed E-state index contributed by atoms with van der Waals surface area (Å²) in [4.78, 5) is 9.60. The minimum absolute atomic E-state index is 0.890. The lowest BCUT2D eigenvalue weighted by molar-refractivity contribution is 0.109. The van der Waals surface area contributed by atoms with Gasteiger partial charge in [-0.3, -0.25) is 4.90 Å². The minimum atomic E-state index is 0.890. The van der Waals surface area contributed by atoms with Gasteiger partial charge in [0.1, 0.15) is 5.82 Å². The molecule has 0 spiro atoms. The zero-order valence-corrected chi connectivity index (χ0v) is 12.5. The second-order valence-electron chi connectivity index (χ2n) is 6.18. The molecule has 0 bridgehead atoms. The van der Waals surface area contributed by atoms with Crippen molar-refractivity contribution in [2.24, 2.45) is 13.0 Å². The Morgan fingerprint density at radius 3 is 2.60 bits per heavy atom. The third-order valence-corrected chi connectivity index (χ3v) is 4.64. The van der Waals surface area contributed by atoms with Crippen LogP contribution in [0.5, 0.6) is 0 Å². The predicted octanol–water partition coefficient (Wildman–Crippen LogP) is 1.89. The topological polar surface area (TPSA) is 24.3 Å². The molecule has 3 rings (SSSR count). The van der Waals surface area contributed by atoms with Crippen molar-refractivity contribution < 1.29 is 0 Å². The normalized spacial score (nSPS) is 25.1. The van der Waals surface area contributed by atoms with Crippen LogP contribution in [0.15, 0.2) is 24.5 Å². The van der Waals surface area contributed by atoms with Crippen LogP contribution in [0, 0.1) is 5.92 Å². The fraction of sp³-hybridized carbons (Fsp3) is 0.688. The van der Waals surface area contributed by atoms with E-state index in [0.29, 0.717) is 0 Å². The third-order valence-electron chi connectivity index (χ3n) is 4.64. The van der Waals surface area contributed by atoms with Gasteiger partial charge >= 0.3 is 0 Å². The van der Waals surface area contributed by atoms with E-state index in [1.807, 2.05) is 12.4 Å². The summed E-state index contributed by atoms with van der Waals surface area (Å²) in [5.74, 6) is 2.07. The molecule has 1 fully saturated rings. The number of allylic oxidation sites excluding steroid dienone is 2. The molecule has 2 heterocycles. The van der Waals surface area contributed by atoms with E-state index in [1.54, 1.807) is 0 Å². The first-order chi connectivity index (χ1) is 9.81. The zero-order chi connectivity index (χ0) is 13.8. The van der Waals surface area contributed by atoms with Gasteiger partial charge in [-0.25, -0.2) is 4.98 Å². The van der Waals surface area contributed by atoms with Gasteiger partial charge in [-0.05, 0) is 25.2 Å². The van der Waals surface area contributed by atoms with E-state index in [1.165, 1.54) is 57.8 Å². The Balaban J connectivity index is 1.42. The lowest BCUT2D eigenvalue weighted by atomic mass is 9.94. The summed E-state index contributed by atoms with van der Waals surface area (Å²) >= 11 is 0. The molecule has 0 saturated carbocycles. The molecule has 110 valence electrons. The maximum absolute atomic E-state index is 4.42. The van der Waals surface area contributed by atoms with Gasteiger partial charge in [-0.1, -0.05) is 12.2 Å². The summed E-state index contributed by atoms with van der Waals surface area (Å²) in [5.41, 5.74) is 0. The number of nitrogens with zero attached hydrogens (tertiary/aromatic N) is 4. The van der Waals surface area contributed by atoms with Crippen LogP contribution in [0.3, 0.4) is 0 Å². The highest BCUT2D eigenvalue weighted by Gasteiger charge is 2.21. The van der Waals surface area contributed by atoms with Gasteiger partial charge < -0.3 is 9.47 Å². The molecule has 2 aliphatic rings. The average molecular weight is 274 g/mol. The molecule has 0 radical (unpaired) electrons. The van der Waals surface area contributed by atoms with Crippen LogP contribution in [-0.2, 0) is 13.6 Å². The Kier molecular flexibility index (Phi) is 4.53. The molecule has 1 aliphatic carbocycles. The summed E-state index contributed by atoms with van der Waals surface area (Å²) in [6.07, 6.45) is 12.6. The highest BCUT2D eigenvalue weighted by Crippen LogP contribution is 2.20. The van der Waals surface area contributed by atoms with E-state index < -0.39 is 0 Å². The van der Waals surface area contributed by atoms with E-state index in [0.717, 1.165) is 12.5 Å². The summed E-state index contributed by atoms with van der Waals surface area (Å²) in [5, 5.41) is 0. The Bertz CT molecular complexity index is 443. The predicted molar refractivity (Wildman–Crippen MR) is 81.4 cm³/mol. The SMILES string of the molecule is Cn1ccnc1CN1CCN(CC2CC=CCC2)CC1. The van der Waals surface area contributed by atoms with Crippen LogP contribution in [-0.4, -0.2) is 52.1 Å². The molecule has 1 aromatic heterocycles. The molecule has 1 aliphatic heterocycles. The number of aryl methyl sites for hydroxylation is 1. The third kappa shape index (κ3) is 3.49. The van der Waals surface area contributed by atoms with Crippen LogP contribution in [0.4, 0.5) is 0 Å². The summed E-state index contributed by atoms with van der Waals surface area (Å²) in [6.45, 7) is 7.06. The van der Waals surface area contributed by atoms with Gasteiger partial charge in [0.25, 0.3) is 0 Å². The van der Waals surface area contributed by atoms with Crippen LogP contribution >= 0.6 is 0 Å². The van der Waals surface area contributed by atoms with Crippen molar-refractivity contribution in [3.05, 3.63) is 30.4 Å². The Hall–Kier alpha value is -1.13. The monoisotopic (exact) mass is 274 g/mol.